The van der Waals surface area contributed by atoms with Gasteiger partial charge in [-0.15, -0.1) is 0 Å². The van der Waals surface area contributed by atoms with Gasteiger partial charge in [0, 0.05) is 19.1 Å². The van der Waals surface area contributed by atoms with Crippen molar-refractivity contribution in [3.05, 3.63) is 35.9 Å². The predicted octanol–water partition coefficient (Wildman–Crippen LogP) is 3.07. The van der Waals surface area contributed by atoms with E-state index < -0.39 is 0 Å². The summed E-state index contributed by atoms with van der Waals surface area (Å²) in [5.41, 5.74) is 7.73. The molecule has 0 spiro atoms. The second-order valence-corrected chi connectivity index (χ2v) is 6.80. The molecule has 110 valence electrons. The molecule has 2 aliphatic rings. The number of likely N-dealkylation sites (tertiary alicyclic amines) is 1. The van der Waals surface area contributed by atoms with Gasteiger partial charge in [-0.1, -0.05) is 49.6 Å². The predicted molar refractivity (Wildman–Crippen MR) is 84.6 cm³/mol. The molecule has 2 heteroatoms. The fourth-order valence-corrected chi connectivity index (χ4v) is 4.16. The lowest BCUT2D eigenvalue weighted by molar-refractivity contribution is 0.0828. The van der Waals surface area contributed by atoms with Crippen LogP contribution in [0.2, 0.25) is 0 Å². The molecular formula is C18H28N2. The lowest BCUT2D eigenvalue weighted by Gasteiger charge is -2.42. The molecule has 0 radical (unpaired) electrons. The van der Waals surface area contributed by atoms with Gasteiger partial charge in [0.1, 0.15) is 0 Å². The molecule has 1 aliphatic carbocycles. The van der Waals surface area contributed by atoms with Gasteiger partial charge in [0.15, 0.2) is 0 Å². The Morgan fingerprint density at radius 2 is 1.80 bits per heavy atom. The molecule has 0 bridgehead atoms. The van der Waals surface area contributed by atoms with Crippen LogP contribution in [0.15, 0.2) is 30.3 Å². The summed E-state index contributed by atoms with van der Waals surface area (Å²) in [7, 11) is 0. The zero-order chi connectivity index (χ0) is 13.8. The first-order valence-corrected chi connectivity index (χ1v) is 8.33. The van der Waals surface area contributed by atoms with Crippen molar-refractivity contribution in [3.63, 3.8) is 0 Å². The van der Waals surface area contributed by atoms with E-state index in [1.807, 2.05) is 0 Å². The van der Waals surface area contributed by atoms with Crippen LogP contribution in [0.5, 0.6) is 0 Å². The van der Waals surface area contributed by atoms with Gasteiger partial charge in [-0.3, -0.25) is 0 Å². The summed E-state index contributed by atoms with van der Waals surface area (Å²) >= 11 is 0. The van der Waals surface area contributed by atoms with Crippen LogP contribution >= 0.6 is 0 Å². The van der Waals surface area contributed by atoms with Crippen molar-refractivity contribution >= 4 is 0 Å². The number of hydrogen-bond donors (Lipinski definition) is 1. The molecule has 0 amide bonds. The highest BCUT2D eigenvalue weighted by Gasteiger charge is 2.31. The number of nitrogens with two attached hydrogens (primary N) is 1. The van der Waals surface area contributed by atoms with Gasteiger partial charge in [0.05, 0.1) is 0 Å². The van der Waals surface area contributed by atoms with Gasteiger partial charge in [-0.05, 0) is 43.2 Å². The molecule has 3 unspecified atom stereocenters. The number of piperidine rings is 1. The van der Waals surface area contributed by atoms with Crippen molar-refractivity contribution in [2.24, 2.45) is 17.6 Å². The van der Waals surface area contributed by atoms with Crippen molar-refractivity contribution in [2.45, 2.75) is 44.6 Å². The molecule has 3 atom stereocenters. The third-order valence-electron chi connectivity index (χ3n) is 5.21. The van der Waals surface area contributed by atoms with Crippen LogP contribution in [0.3, 0.4) is 0 Å². The monoisotopic (exact) mass is 272 g/mol. The van der Waals surface area contributed by atoms with Gasteiger partial charge >= 0.3 is 0 Å². The minimum Gasteiger partial charge on any atom is -0.326 e. The Morgan fingerprint density at radius 1 is 1.05 bits per heavy atom. The fraction of sp³-hybridized carbons (Fsp3) is 0.667. The molecular weight excluding hydrogens is 244 g/mol. The number of hydrogen-bond acceptors (Lipinski definition) is 2. The Labute approximate surface area is 123 Å². The zero-order valence-electron chi connectivity index (χ0n) is 12.5. The largest absolute Gasteiger partial charge is 0.326 e. The van der Waals surface area contributed by atoms with E-state index in [1.165, 1.54) is 50.8 Å². The second kappa shape index (κ2) is 6.73. The van der Waals surface area contributed by atoms with Gasteiger partial charge < -0.3 is 10.6 Å². The highest BCUT2D eigenvalue weighted by Crippen LogP contribution is 2.35. The van der Waals surface area contributed by atoms with E-state index in [1.54, 1.807) is 0 Å². The molecule has 3 rings (SSSR count). The SMILES string of the molecule is NC(Cc1ccccc1)CN1CCC2CCCCC2C1. The maximum absolute atomic E-state index is 6.36. The Kier molecular flexibility index (Phi) is 4.74. The van der Waals surface area contributed by atoms with E-state index in [9.17, 15) is 0 Å². The number of benzene rings is 1. The molecule has 2 nitrogen and oxygen atoms in total. The lowest BCUT2D eigenvalue weighted by Crippen LogP contribution is -2.47. The van der Waals surface area contributed by atoms with Crippen LogP contribution in [0.4, 0.5) is 0 Å². The fourth-order valence-electron chi connectivity index (χ4n) is 4.16. The van der Waals surface area contributed by atoms with Crippen molar-refractivity contribution in [1.29, 1.82) is 0 Å². The summed E-state index contributed by atoms with van der Waals surface area (Å²) in [5, 5.41) is 0. The van der Waals surface area contributed by atoms with Gasteiger partial charge in [-0.2, -0.15) is 0 Å². The average molecular weight is 272 g/mol. The van der Waals surface area contributed by atoms with Crippen LogP contribution in [0.1, 0.15) is 37.7 Å². The van der Waals surface area contributed by atoms with Crippen LogP contribution < -0.4 is 5.73 Å². The minimum atomic E-state index is 0.276. The number of fused-ring (bicyclic) bond motifs is 1. The molecule has 2 fully saturated rings. The summed E-state index contributed by atoms with van der Waals surface area (Å²) in [5.74, 6) is 1.98. The number of rotatable bonds is 4. The van der Waals surface area contributed by atoms with Crippen molar-refractivity contribution in [1.82, 2.24) is 4.90 Å². The first-order chi connectivity index (χ1) is 9.81. The third kappa shape index (κ3) is 3.62. The van der Waals surface area contributed by atoms with Crippen molar-refractivity contribution < 1.29 is 0 Å². The lowest BCUT2D eigenvalue weighted by atomic mass is 9.75. The Hall–Kier alpha value is -0.860. The van der Waals surface area contributed by atoms with Crippen molar-refractivity contribution in [2.75, 3.05) is 19.6 Å². The Bertz CT molecular complexity index is 403. The highest BCUT2D eigenvalue weighted by molar-refractivity contribution is 5.15. The quantitative estimate of drug-likeness (QED) is 0.912. The minimum absolute atomic E-state index is 0.276. The first kappa shape index (κ1) is 14.1. The van der Waals surface area contributed by atoms with E-state index in [4.69, 9.17) is 5.73 Å². The number of nitrogens with zero attached hydrogens (tertiary/aromatic N) is 1. The maximum atomic E-state index is 6.36. The standard InChI is InChI=1S/C18H28N2/c19-18(12-15-6-2-1-3-7-15)14-20-11-10-16-8-4-5-9-17(16)13-20/h1-3,6-7,16-18H,4-5,8-14,19H2. The van der Waals surface area contributed by atoms with E-state index in [-0.39, 0.29) is 6.04 Å². The van der Waals surface area contributed by atoms with E-state index in [0.29, 0.717) is 0 Å². The summed E-state index contributed by atoms with van der Waals surface area (Å²) < 4.78 is 0. The van der Waals surface area contributed by atoms with E-state index >= 15 is 0 Å². The maximum Gasteiger partial charge on any atom is 0.0208 e. The summed E-state index contributed by atoms with van der Waals surface area (Å²) in [6.45, 7) is 3.63. The Balaban J connectivity index is 1.48. The topological polar surface area (TPSA) is 29.3 Å². The molecule has 2 N–H and O–H groups in total. The molecule has 1 saturated carbocycles. The van der Waals surface area contributed by atoms with E-state index in [2.05, 4.69) is 35.2 Å². The molecule has 1 aromatic carbocycles. The van der Waals surface area contributed by atoms with Gasteiger partial charge in [0.2, 0.25) is 0 Å². The summed E-state index contributed by atoms with van der Waals surface area (Å²) in [6.07, 6.45) is 8.26. The van der Waals surface area contributed by atoms with Crippen LogP contribution in [-0.2, 0) is 6.42 Å². The molecule has 1 saturated heterocycles. The van der Waals surface area contributed by atoms with Crippen LogP contribution in [0.25, 0.3) is 0 Å². The Morgan fingerprint density at radius 3 is 2.60 bits per heavy atom. The molecule has 1 aliphatic heterocycles. The molecule has 20 heavy (non-hydrogen) atoms. The average Bonchev–Trinajstić information content (AvgIpc) is 2.48. The van der Waals surface area contributed by atoms with Crippen molar-refractivity contribution in [3.8, 4) is 0 Å². The first-order valence-electron chi connectivity index (χ1n) is 8.33. The summed E-state index contributed by atoms with van der Waals surface area (Å²) in [6, 6.07) is 10.9. The molecule has 1 heterocycles. The molecule has 0 aromatic heterocycles. The van der Waals surface area contributed by atoms with Gasteiger partial charge in [-0.25, -0.2) is 0 Å². The van der Waals surface area contributed by atoms with E-state index in [0.717, 1.165) is 24.8 Å². The summed E-state index contributed by atoms with van der Waals surface area (Å²) in [4.78, 5) is 2.63. The smallest absolute Gasteiger partial charge is 0.0208 e. The highest BCUT2D eigenvalue weighted by atomic mass is 15.1. The normalized spacial score (nSPS) is 28.9. The third-order valence-corrected chi connectivity index (χ3v) is 5.21. The second-order valence-electron chi connectivity index (χ2n) is 6.80. The van der Waals surface area contributed by atoms with Crippen LogP contribution in [-0.4, -0.2) is 30.6 Å². The zero-order valence-corrected chi connectivity index (χ0v) is 12.5. The van der Waals surface area contributed by atoms with Crippen LogP contribution in [0, 0.1) is 11.8 Å². The molecule has 1 aromatic rings. The van der Waals surface area contributed by atoms with Gasteiger partial charge in [0.25, 0.3) is 0 Å².